The molecule has 1 rings (SSSR count). The molecular formula is C11H12BrNO3. The van der Waals surface area contributed by atoms with Crippen LogP contribution in [0.5, 0.6) is 11.5 Å². The molecule has 0 radical (unpaired) electrons. The first-order valence-electron chi connectivity index (χ1n) is 4.62. The highest BCUT2D eigenvalue weighted by molar-refractivity contribution is 9.10. The molecule has 0 aliphatic carbocycles. The molecule has 0 bridgehead atoms. The number of halogens is 1. The zero-order chi connectivity index (χ0) is 12.1. The van der Waals surface area contributed by atoms with Crippen LogP contribution in [0.3, 0.4) is 0 Å². The van der Waals surface area contributed by atoms with E-state index in [9.17, 15) is 4.79 Å². The Morgan fingerprint density at radius 3 is 2.56 bits per heavy atom. The Kier molecular flexibility index (Phi) is 4.52. The first-order valence-corrected chi connectivity index (χ1v) is 5.41. The molecule has 1 unspecified atom stereocenters. The number of rotatable bonds is 4. The van der Waals surface area contributed by atoms with Crippen LogP contribution in [-0.4, -0.2) is 20.3 Å². The van der Waals surface area contributed by atoms with Gasteiger partial charge in [-0.15, -0.1) is 0 Å². The molecule has 5 heteroatoms. The zero-order valence-electron chi connectivity index (χ0n) is 9.28. The first-order chi connectivity index (χ1) is 7.63. The Bertz CT molecular complexity index is 427. The van der Waals surface area contributed by atoms with Crippen LogP contribution in [0.25, 0.3) is 0 Å². The van der Waals surface area contributed by atoms with Gasteiger partial charge in [0.15, 0.2) is 11.5 Å². The number of nitrogens with zero attached hydrogens (tertiary/aromatic N) is 1. The minimum absolute atomic E-state index is 0.321. The van der Waals surface area contributed by atoms with Crippen molar-refractivity contribution in [3.8, 4) is 11.5 Å². The van der Waals surface area contributed by atoms with Gasteiger partial charge in [0.1, 0.15) is 0 Å². The average molecular weight is 286 g/mol. The standard InChI is InChI=1S/C11H12BrNO3/c1-7(13-6-14)9-4-8(12)5-10(15-2)11(9)16-3/h4-5,7H,1-3H3. The van der Waals surface area contributed by atoms with Gasteiger partial charge < -0.3 is 9.47 Å². The number of ether oxygens (including phenoxy) is 2. The van der Waals surface area contributed by atoms with Gasteiger partial charge in [-0.05, 0) is 19.1 Å². The maximum Gasteiger partial charge on any atom is 0.235 e. The molecule has 4 nitrogen and oxygen atoms in total. The van der Waals surface area contributed by atoms with Crippen LogP contribution in [0.15, 0.2) is 21.6 Å². The third kappa shape index (κ3) is 2.62. The van der Waals surface area contributed by atoms with E-state index in [-0.39, 0.29) is 6.04 Å². The van der Waals surface area contributed by atoms with Crippen LogP contribution in [0.4, 0.5) is 0 Å². The quantitative estimate of drug-likeness (QED) is 0.631. The van der Waals surface area contributed by atoms with Crippen LogP contribution in [-0.2, 0) is 4.79 Å². The molecule has 0 spiro atoms. The number of benzene rings is 1. The second-order valence-electron chi connectivity index (χ2n) is 3.13. The Hall–Kier alpha value is -1.32. The summed E-state index contributed by atoms with van der Waals surface area (Å²) in [6.45, 7) is 1.79. The van der Waals surface area contributed by atoms with Gasteiger partial charge >= 0.3 is 0 Å². The molecule has 16 heavy (non-hydrogen) atoms. The summed E-state index contributed by atoms with van der Waals surface area (Å²) in [5.41, 5.74) is 0.775. The van der Waals surface area contributed by atoms with Gasteiger partial charge in [-0.3, -0.25) is 0 Å². The smallest absolute Gasteiger partial charge is 0.235 e. The fourth-order valence-electron chi connectivity index (χ4n) is 1.42. The number of aliphatic imine (C=N–C) groups is 1. The molecule has 0 N–H and O–H groups in total. The lowest BCUT2D eigenvalue weighted by Gasteiger charge is -2.15. The second kappa shape index (κ2) is 5.68. The fourth-order valence-corrected chi connectivity index (χ4v) is 1.87. The van der Waals surface area contributed by atoms with Crippen LogP contribution < -0.4 is 9.47 Å². The van der Waals surface area contributed by atoms with Crippen molar-refractivity contribution in [1.82, 2.24) is 0 Å². The molecule has 1 aromatic rings. The molecule has 0 saturated heterocycles. The Labute approximate surface area is 102 Å². The van der Waals surface area contributed by atoms with Crippen molar-refractivity contribution in [2.24, 2.45) is 4.99 Å². The number of hydrogen-bond acceptors (Lipinski definition) is 4. The number of methoxy groups -OCH3 is 2. The van der Waals surface area contributed by atoms with Crippen molar-refractivity contribution in [3.63, 3.8) is 0 Å². The maximum atomic E-state index is 10.3. The lowest BCUT2D eigenvalue weighted by atomic mass is 10.1. The average Bonchev–Trinajstić information content (AvgIpc) is 2.28. The van der Waals surface area contributed by atoms with E-state index in [2.05, 4.69) is 20.9 Å². The van der Waals surface area contributed by atoms with Gasteiger partial charge in [0, 0.05) is 10.0 Å². The molecule has 0 amide bonds. The Morgan fingerprint density at radius 2 is 2.06 bits per heavy atom. The molecule has 0 fully saturated rings. The fraction of sp³-hybridized carbons (Fsp3) is 0.364. The van der Waals surface area contributed by atoms with E-state index in [1.165, 1.54) is 6.08 Å². The van der Waals surface area contributed by atoms with Crippen molar-refractivity contribution in [3.05, 3.63) is 22.2 Å². The van der Waals surface area contributed by atoms with Gasteiger partial charge in [-0.25, -0.2) is 4.79 Å². The molecule has 0 aliphatic rings. The van der Waals surface area contributed by atoms with Crippen molar-refractivity contribution < 1.29 is 14.3 Å². The van der Waals surface area contributed by atoms with E-state index < -0.39 is 0 Å². The summed E-state index contributed by atoms with van der Waals surface area (Å²) in [6, 6.07) is 3.31. The lowest BCUT2D eigenvalue weighted by Crippen LogP contribution is -1.98. The van der Waals surface area contributed by atoms with E-state index >= 15 is 0 Å². The van der Waals surface area contributed by atoms with Crippen molar-refractivity contribution >= 4 is 22.0 Å². The molecule has 0 aromatic heterocycles. The van der Waals surface area contributed by atoms with E-state index in [0.717, 1.165) is 10.0 Å². The van der Waals surface area contributed by atoms with E-state index in [1.54, 1.807) is 27.2 Å². The molecule has 1 aromatic carbocycles. The number of hydrogen-bond donors (Lipinski definition) is 0. The minimum atomic E-state index is -0.321. The molecular weight excluding hydrogens is 274 g/mol. The van der Waals surface area contributed by atoms with Crippen molar-refractivity contribution in [2.75, 3.05) is 14.2 Å². The molecule has 1 atom stereocenters. The minimum Gasteiger partial charge on any atom is -0.493 e. The molecule has 0 heterocycles. The Balaban J connectivity index is 3.35. The van der Waals surface area contributed by atoms with Crippen LogP contribution in [0, 0.1) is 0 Å². The summed E-state index contributed by atoms with van der Waals surface area (Å²) in [5, 5.41) is 0. The summed E-state index contributed by atoms with van der Waals surface area (Å²) < 4.78 is 11.3. The summed E-state index contributed by atoms with van der Waals surface area (Å²) in [4.78, 5) is 13.9. The van der Waals surface area contributed by atoms with Crippen molar-refractivity contribution in [1.29, 1.82) is 0 Å². The van der Waals surface area contributed by atoms with Crippen LogP contribution in [0.1, 0.15) is 18.5 Å². The topological polar surface area (TPSA) is 47.9 Å². The number of carbonyl (C=O) groups excluding carboxylic acids is 1. The zero-order valence-corrected chi connectivity index (χ0v) is 10.9. The van der Waals surface area contributed by atoms with Crippen LogP contribution >= 0.6 is 15.9 Å². The molecule has 86 valence electrons. The second-order valence-corrected chi connectivity index (χ2v) is 4.04. The third-order valence-electron chi connectivity index (χ3n) is 2.17. The van der Waals surface area contributed by atoms with Gasteiger partial charge in [-0.1, -0.05) is 15.9 Å². The van der Waals surface area contributed by atoms with E-state index in [1.807, 2.05) is 6.07 Å². The predicted octanol–water partition coefficient (Wildman–Crippen LogP) is 2.86. The van der Waals surface area contributed by atoms with Gasteiger partial charge in [0.2, 0.25) is 6.08 Å². The molecule has 0 saturated carbocycles. The monoisotopic (exact) mass is 285 g/mol. The van der Waals surface area contributed by atoms with E-state index in [4.69, 9.17) is 9.47 Å². The third-order valence-corrected chi connectivity index (χ3v) is 2.63. The largest absolute Gasteiger partial charge is 0.493 e. The van der Waals surface area contributed by atoms with Crippen molar-refractivity contribution in [2.45, 2.75) is 13.0 Å². The van der Waals surface area contributed by atoms with Gasteiger partial charge in [0.25, 0.3) is 0 Å². The van der Waals surface area contributed by atoms with Crippen LogP contribution in [0.2, 0.25) is 0 Å². The van der Waals surface area contributed by atoms with Gasteiger partial charge in [-0.2, -0.15) is 4.99 Å². The lowest BCUT2D eigenvalue weighted by molar-refractivity contribution is 0.350. The summed E-state index contributed by atoms with van der Waals surface area (Å²) >= 11 is 3.36. The highest BCUT2D eigenvalue weighted by Gasteiger charge is 2.16. The van der Waals surface area contributed by atoms with E-state index in [0.29, 0.717) is 11.5 Å². The predicted molar refractivity (Wildman–Crippen MR) is 63.8 cm³/mol. The normalized spacial score (nSPS) is 11.5. The summed E-state index contributed by atoms with van der Waals surface area (Å²) in [7, 11) is 3.11. The van der Waals surface area contributed by atoms with Gasteiger partial charge in [0.05, 0.1) is 20.3 Å². The SMILES string of the molecule is COc1cc(Br)cc(C(C)N=C=O)c1OC. The summed E-state index contributed by atoms with van der Waals surface area (Å²) in [6.07, 6.45) is 1.54. The number of isocyanates is 1. The Morgan fingerprint density at radius 1 is 1.38 bits per heavy atom. The maximum absolute atomic E-state index is 10.3. The summed E-state index contributed by atoms with van der Waals surface area (Å²) in [5.74, 6) is 1.18. The molecule has 0 aliphatic heterocycles. The first kappa shape index (κ1) is 12.7. The highest BCUT2D eigenvalue weighted by Crippen LogP contribution is 2.38. The highest BCUT2D eigenvalue weighted by atomic mass is 79.9.